The summed E-state index contributed by atoms with van der Waals surface area (Å²) in [7, 11) is 0. The Morgan fingerprint density at radius 1 is 1.00 bits per heavy atom. The summed E-state index contributed by atoms with van der Waals surface area (Å²) in [6.07, 6.45) is 2.41. The summed E-state index contributed by atoms with van der Waals surface area (Å²) in [6.45, 7) is 13.6. The second-order valence-electron chi connectivity index (χ2n) is 13.0. The minimum absolute atomic E-state index is 0.0853. The third-order valence-corrected chi connectivity index (χ3v) is 6.63. The molecule has 0 aliphatic heterocycles. The van der Waals surface area contributed by atoms with Crippen molar-refractivity contribution in [1.82, 2.24) is 25.5 Å². The van der Waals surface area contributed by atoms with Crippen LogP contribution in [0.5, 0.6) is 0 Å². The Morgan fingerprint density at radius 2 is 1.66 bits per heavy atom. The van der Waals surface area contributed by atoms with Crippen LogP contribution in [0.25, 0.3) is 0 Å². The van der Waals surface area contributed by atoms with Gasteiger partial charge in [-0.05, 0) is 51.0 Å². The summed E-state index contributed by atoms with van der Waals surface area (Å²) in [4.78, 5) is 43.1. The zero-order chi connectivity index (χ0) is 32.9. The lowest BCUT2D eigenvalue weighted by atomic mass is 9.98. The Labute approximate surface area is 261 Å². The highest BCUT2D eigenvalue weighted by Crippen LogP contribution is 2.13. The standard InChI is InChI=1S/C32H52N6O6/c1-21(2)13-25(33)29(40)35-17-28(39)26(14-22(3)4)36-30(41)27(37-31(42)44-32(5,6)7)15-24-16-34-19-38(24)20-43-18-23-11-9-8-10-12-23/h8-12,16,19,21-22,25-28,39H,13-15,17-18,20,33H2,1-7H3,(H,35,40)(H,36,41)(H,37,42)/t25-,26-,27-,28?/m0/s1. The lowest BCUT2D eigenvalue weighted by Crippen LogP contribution is -2.56. The Hall–Kier alpha value is -3.48. The van der Waals surface area contributed by atoms with E-state index in [1.54, 1.807) is 37.9 Å². The second-order valence-corrected chi connectivity index (χ2v) is 13.0. The molecule has 0 saturated heterocycles. The molecule has 1 unspecified atom stereocenters. The maximum atomic E-state index is 13.7. The number of aliphatic hydroxyl groups is 1. The number of ether oxygens (including phenoxy) is 2. The third-order valence-electron chi connectivity index (χ3n) is 6.63. The van der Waals surface area contributed by atoms with Crippen molar-refractivity contribution in [3.63, 3.8) is 0 Å². The van der Waals surface area contributed by atoms with Gasteiger partial charge in [-0.1, -0.05) is 58.0 Å². The highest BCUT2D eigenvalue weighted by molar-refractivity contribution is 5.86. The van der Waals surface area contributed by atoms with Crippen molar-refractivity contribution < 1.29 is 29.0 Å². The molecule has 3 amide bonds. The number of nitrogens with two attached hydrogens (primary N) is 1. The van der Waals surface area contributed by atoms with Crippen LogP contribution in [0.4, 0.5) is 4.79 Å². The molecule has 0 fully saturated rings. The molecule has 12 heteroatoms. The molecule has 2 rings (SSSR count). The van der Waals surface area contributed by atoms with E-state index in [0.29, 0.717) is 25.1 Å². The Kier molecular flexibility index (Phi) is 14.8. The van der Waals surface area contributed by atoms with Crippen LogP contribution in [0.1, 0.15) is 72.6 Å². The van der Waals surface area contributed by atoms with Crippen molar-refractivity contribution >= 4 is 17.9 Å². The van der Waals surface area contributed by atoms with Crippen LogP contribution in [-0.2, 0) is 38.8 Å². The fourth-order valence-corrected chi connectivity index (χ4v) is 4.54. The van der Waals surface area contributed by atoms with Gasteiger partial charge < -0.3 is 40.8 Å². The molecule has 6 N–H and O–H groups in total. The molecule has 0 aliphatic carbocycles. The van der Waals surface area contributed by atoms with Crippen LogP contribution in [-0.4, -0.2) is 68.9 Å². The van der Waals surface area contributed by atoms with Crippen molar-refractivity contribution in [2.45, 2.75) is 111 Å². The van der Waals surface area contributed by atoms with Crippen molar-refractivity contribution in [2.24, 2.45) is 17.6 Å². The van der Waals surface area contributed by atoms with Gasteiger partial charge in [-0.15, -0.1) is 0 Å². The molecule has 12 nitrogen and oxygen atoms in total. The first-order chi connectivity index (χ1) is 20.6. The van der Waals surface area contributed by atoms with Crippen molar-refractivity contribution in [1.29, 1.82) is 0 Å². The van der Waals surface area contributed by atoms with Gasteiger partial charge in [0.1, 0.15) is 18.4 Å². The van der Waals surface area contributed by atoms with Crippen LogP contribution >= 0.6 is 0 Å². The largest absolute Gasteiger partial charge is 0.444 e. The highest BCUT2D eigenvalue weighted by atomic mass is 16.6. The van der Waals surface area contributed by atoms with Crippen LogP contribution in [0.2, 0.25) is 0 Å². The molecular formula is C32H52N6O6. The Balaban J connectivity index is 2.16. The van der Waals surface area contributed by atoms with E-state index in [9.17, 15) is 19.5 Å². The molecule has 246 valence electrons. The summed E-state index contributed by atoms with van der Waals surface area (Å²) in [5.41, 5.74) is 6.88. The van der Waals surface area contributed by atoms with E-state index in [0.717, 1.165) is 5.56 Å². The number of carbonyl (C=O) groups is 3. The predicted octanol–water partition coefficient (Wildman–Crippen LogP) is 2.87. The first-order valence-electron chi connectivity index (χ1n) is 15.3. The molecule has 4 atom stereocenters. The summed E-state index contributed by atoms with van der Waals surface area (Å²) in [5.74, 6) is -0.509. The number of alkyl carbamates (subject to hydrolysis) is 1. The topological polar surface area (TPSA) is 170 Å². The van der Waals surface area contributed by atoms with E-state index in [1.165, 1.54) is 0 Å². The second kappa shape index (κ2) is 17.7. The van der Waals surface area contributed by atoms with E-state index in [-0.39, 0.29) is 37.4 Å². The number of carbonyl (C=O) groups excluding carboxylic acids is 3. The van der Waals surface area contributed by atoms with E-state index in [2.05, 4.69) is 20.9 Å². The Morgan fingerprint density at radius 3 is 2.27 bits per heavy atom. The highest BCUT2D eigenvalue weighted by Gasteiger charge is 2.30. The van der Waals surface area contributed by atoms with Crippen molar-refractivity contribution in [2.75, 3.05) is 6.54 Å². The van der Waals surface area contributed by atoms with Crippen LogP contribution in [0.15, 0.2) is 42.9 Å². The molecule has 44 heavy (non-hydrogen) atoms. The number of aliphatic hydroxyl groups excluding tert-OH is 1. The maximum Gasteiger partial charge on any atom is 0.408 e. The average molecular weight is 617 g/mol. The lowest BCUT2D eigenvalue weighted by molar-refractivity contribution is -0.125. The molecule has 1 aromatic carbocycles. The normalized spacial score (nSPS) is 14.5. The quantitative estimate of drug-likeness (QED) is 0.181. The van der Waals surface area contributed by atoms with E-state index < -0.39 is 41.8 Å². The lowest BCUT2D eigenvalue weighted by Gasteiger charge is -2.29. The summed E-state index contributed by atoms with van der Waals surface area (Å²) < 4.78 is 13.0. The number of nitrogens with zero attached hydrogens (tertiary/aromatic N) is 2. The first kappa shape index (κ1) is 36.7. The maximum absolute atomic E-state index is 13.7. The zero-order valence-corrected chi connectivity index (χ0v) is 27.2. The molecular weight excluding hydrogens is 564 g/mol. The predicted molar refractivity (Wildman–Crippen MR) is 168 cm³/mol. The SMILES string of the molecule is CC(C)C[C@H](NC(=O)[C@H](Cc1cncn1COCc1ccccc1)NC(=O)OC(C)(C)C)C(O)CNC(=O)[C@@H](N)CC(C)C. The van der Waals surface area contributed by atoms with E-state index in [1.807, 2.05) is 58.0 Å². The summed E-state index contributed by atoms with van der Waals surface area (Å²) in [6, 6.07) is 7.30. The van der Waals surface area contributed by atoms with E-state index >= 15 is 0 Å². The molecule has 0 radical (unpaired) electrons. The van der Waals surface area contributed by atoms with Gasteiger partial charge >= 0.3 is 6.09 Å². The van der Waals surface area contributed by atoms with Gasteiger partial charge in [0.25, 0.3) is 0 Å². The number of hydrogen-bond acceptors (Lipinski definition) is 8. The average Bonchev–Trinajstić information content (AvgIpc) is 3.36. The monoisotopic (exact) mass is 616 g/mol. The Bertz CT molecular complexity index is 1160. The van der Waals surface area contributed by atoms with Gasteiger partial charge in [-0.25, -0.2) is 9.78 Å². The molecule has 0 spiro atoms. The summed E-state index contributed by atoms with van der Waals surface area (Å²) in [5, 5.41) is 19.3. The molecule has 0 aliphatic rings. The third kappa shape index (κ3) is 13.9. The molecule has 2 aromatic rings. The van der Waals surface area contributed by atoms with Crippen molar-refractivity contribution in [3.05, 3.63) is 54.1 Å². The molecule has 1 aromatic heterocycles. The number of amides is 3. The number of aromatic nitrogens is 2. The minimum Gasteiger partial charge on any atom is -0.444 e. The number of rotatable bonds is 17. The van der Waals surface area contributed by atoms with Gasteiger partial charge in [0.05, 0.1) is 31.1 Å². The number of nitrogens with one attached hydrogen (secondary N) is 3. The molecule has 1 heterocycles. The van der Waals surface area contributed by atoms with E-state index in [4.69, 9.17) is 15.2 Å². The van der Waals surface area contributed by atoms with Gasteiger partial charge in [0.15, 0.2) is 0 Å². The van der Waals surface area contributed by atoms with Crippen LogP contribution < -0.4 is 21.7 Å². The number of hydrogen-bond donors (Lipinski definition) is 5. The smallest absolute Gasteiger partial charge is 0.408 e. The van der Waals surface area contributed by atoms with Gasteiger partial charge in [0.2, 0.25) is 11.8 Å². The molecule has 0 bridgehead atoms. The first-order valence-corrected chi connectivity index (χ1v) is 15.3. The van der Waals surface area contributed by atoms with Gasteiger partial charge in [-0.3, -0.25) is 9.59 Å². The van der Waals surface area contributed by atoms with Crippen molar-refractivity contribution in [3.8, 4) is 0 Å². The number of imidazole rings is 1. The fraction of sp³-hybridized carbons (Fsp3) is 0.625. The van der Waals surface area contributed by atoms with Gasteiger partial charge in [-0.2, -0.15) is 0 Å². The summed E-state index contributed by atoms with van der Waals surface area (Å²) >= 11 is 0. The molecule has 0 saturated carbocycles. The zero-order valence-electron chi connectivity index (χ0n) is 27.2. The van der Waals surface area contributed by atoms with Crippen LogP contribution in [0, 0.1) is 11.8 Å². The fourth-order valence-electron chi connectivity index (χ4n) is 4.54. The number of benzene rings is 1. The van der Waals surface area contributed by atoms with Gasteiger partial charge in [0, 0.05) is 24.9 Å². The minimum atomic E-state index is -1.09. The van der Waals surface area contributed by atoms with Crippen LogP contribution in [0.3, 0.4) is 0 Å².